The second-order valence-electron chi connectivity index (χ2n) is 7.83. The van der Waals surface area contributed by atoms with Crippen LogP contribution in [-0.2, 0) is 19.1 Å². The highest BCUT2D eigenvalue weighted by molar-refractivity contribution is 6.01. The minimum atomic E-state index is -0.397. The Labute approximate surface area is 197 Å². The van der Waals surface area contributed by atoms with Crippen molar-refractivity contribution in [2.24, 2.45) is 0 Å². The molecule has 3 rings (SSSR count). The van der Waals surface area contributed by atoms with Crippen LogP contribution >= 0.6 is 0 Å². The molecular weight excluding hydrogens is 444 g/mol. The zero-order valence-corrected chi connectivity index (χ0v) is 19.6. The molecule has 0 radical (unpaired) electrons. The van der Waals surface area contributed by atoms with E-state index in [2.05, 4.69) is 15.8 Å². The first-order chi connectivity index (χ1) is 16.4. The quantitative estimate of drug-likeness (QED) is 0.506. The smallest absolute Gasteiger partial charge is 0.240 e. The molecule has 3 amide bonds. The fourth-order valence-corrected chi connectivity index (χ4v) is 3.53. The highest BCUT2D eigenvalue weighted by atomic mass is 16.5. The Kier molecular flexibility index (Phi) is 8.86. The van der Waals surface area contributed by atoms with Gasteiger partial charge < -0.3 is 34.3 Å². The van der Waals surface area contributed by atoms with E-state index in [0.29, 0.717) is 36.1 Å². The van der Waals surface area contributed by atoms with Crippen molar-refractivity contribution >= 4 is 29.2 Å². The summed E-state index contributed by atoms with van der Waals surface area (Å²) in [4.78, 5) is 39.3. The zero-order valence-electron chi connectivity index (χ0n) is 19.6. The van der Waals surface area contributed by atoms with Crippen LogP contribution in [0.5, 0.6) is 11.5 Å². The van der Waals surface area contributed by atoms with Crippen molar-refractivity contribution in [2.45, 2.75) is 38.7 Å². The van der Waals surface area contributed by atoms with Crippen molar-refractivity contribution in [3.63, 3.8) is 0 Å². The molecule has 0 spiro atoms. The number of amides is 3. The maximum absolute atomic E-state index is 13.1. The summed E-state index contributed by atoms with van der Waals surface area (Å²) in [5, 5.41) is 9.10. The van der Waals surface area contributed by atoms with Crippen LogP contribution in [0.25, 0.3) is 0 Å². The summed E-state index contributed by atoms with van der Waals surface area (Å²) in [5.74, 6) is 0.615. The number of anilines is 2. The van der Waals surface area contributed by atoms with E-state index in [1.54, 1.807) is 31.2 Å². The van der Waals surface area contributed by atoms with Gasteiger partial charge in [-0.2, -0.15) is 0 Å². The Morgan fingerprint density at radius 3 is 2.56 bits per heavy atom. The number of aromatic nitrogens is 1. The minimum Gasteiger partial charge on any atom is -0.493 e. The highest BCUT2D eigenvalue weighted by Crippen LogP contribution is 2.31. The first-order valence-electron chi connectivity index (χ1n) is 11.0. The molecule has 1 aliphatic rings. The maximum Gasteiger partial charge on any atom is 0.240 e. The largest absolute Gasteiger partial charge is 0.493 e. The predicted molar refractivity (Wildman–Crippen MR) is 123 cm³/mol. The van der Waals surface area contributed by atoms with Crippen LogP contribution in [0.1, 0.15) is 31.4 Å². The number of nitrogens with zero attached hydrogens (tertiary/aromatic N) is 2. The molecule has 1 aliphatic heterocycles. The van der Waals surface area contributed by atoms with Gasteiger partial charge in [-0.05, 0) is 31.9 Å². The summed E-state index contributed by atoms with van der Waals surface area (Å²) in [7, 11) is 2.99. The van der Waals surface area contributed by atoms with Gasteiger partial charge in [0, 0.05) is 43.8 Å². The van der Waals surface area contributed by atoms with Crippen LogP contribution in [-0.4, -0.2) is 62.9 Å². The Balaban J connectivity index is 1.67. The fraction of sp³-hybridized carbons (Fsp3) is 0.478. The molecule has 11 nitrogen and oxygen atoms in total. The van der Waals surface area contributed by atoms with Gasteiger partial charge in [-0.1, -0.05) is 5.16 Å². The molecule has 11 heteroatoms. The molecule has 184 valence electrons. The van der Waals surface area contributed by atoms with Crippen molar-refractivity contribution in [1.29, 1.82) is 0 Å². The van der Waals surface area contributed by atoms with Crippen LogP contribution in [0.3, 0.4) is 0 Å². The van der Waals surface area contributed by atoms with Gasteiger partial charge in [0.2, 0.25) is 17.7 Å². The molecule has 0 saturated carbocycles. The van der Waals surface area contributed by atoms with E-state index in [9.17, 15) is 14.4 Å². The number of rotatable bonds is 11. The number of carbonyl (C=O) groups is 3. The Bertz CT molecular complexity index is 1000. The number of hydrogen-bond acceptors (Lipinski definition) is 8. The lowest BCUT2D eigenvalue weighted by molar-refractivity contribution is -0.125. The average Bonchev–Trinajstić information content (AvgIpc) is 3.50. The highest BCUT2D eigenvalue weighted by Gasteiger charge is 2.23. The van der Waals surface area contributed by atoms with Crippen LogP contribution in [0.15, 0.2) is 28.8 Å². The molecule has 34 heavy (non-hydrogen) atoms. The van der Waals surface area contributed by atoms with Gasteiger partial charge in [-0.3, -0.25) is 14.4 Å². The molecule has 1 atom stereocenters. The minimum absolute atomic E-state index is 0.0157. The van der Waals surface area contributed by atoms with Crippen molar-refractivity contribution in [3.8, 4) is 11.5 Å². The molecule has 1 aromatic heterocycles. The lowest BCUT2D eigenvalue weighted by atomic mass is 10.2. The normalized spacial score (nSPS) is 15.0. The maximum atomic E-state index is 13.1. The Hall–Kier alpha value is -3.60. The van der Waals surface area contributed by atoms with Crippen molar-refractivity contribution in [3.05, 3.63) is 30.0 Å². The lowest BCUT2D eigenvalue weighted by Crippen LogP contribution is -2.43. The third kappa shape index (κ3) is 6.95. The van der Waals surface area contributed by atoms with Crippen molar-refractivity contribution < 1.29 is 33.1 Å². The van der Waals surface area contributed by atoms with E-state index in [1.807, 2.05) is 0 Å². The van der Waals surface area contributed by atoms with E-state index in [4.69, 9.17) is 18.7 Å². The van der Waals surface area contributed by atoms with Gasteiger partial charge in [-0.15, -0.1) is 0 Å². The van der Waals surface area contributed by atoms with Crippen molar-refractivity contribution in [2.75, 3.05) is 44.1 Å². The summed E-state index contributed by atoms with van der Waals surface area (Å²) in [6, 6.07) is 6.50. The van der Waals surface area contributed by atoms with E-state index in [0.717, 1.165) is 12.8 Å². The SMILES string of the molecule is COc1ccc(N(CC(=O)NC[C@H]2CCCO2)C(=O)CCC(=O)Nc2cc(C)on2)cc1OC. The van der Waals surface area contributed by atoms with Gasteiger partial charge in [-0.25, -0.2) is 0 Å². The van der Waals surface area contributed by atoms with E-state index in [-0.39, 0.29) is 37.2 Å². The molecule has 1 saturated heterocycles. The summed E-state index contributed by atoms with van der Waals surface area (Å²) < 4.78 is 21.0. The van der Waals surface area contributed by atoms with E-state index >= 15 is 0 Å². The first kappa shape index (κ1) is 25.0. The van der Waals surface area contributed by atoms with Gasteiger partial charge in [0.25, 0.3) is 0 Å². The van der Waals surface area contributed by atoms with E-state index < -0.39 is 11.8 Å². The number of aryl methyl sites for hydroxylation is 1. The molecule has 0 bridgehead atoms. The average molecular weight is 475 g/mol. The third-order valence-corrected chi connectivity index (χ3v) is 5.29. The standard InChI is InChI=1S/C23H30N4O7/c1-15-11-20(26-34-15)25-21(28)8-9-23(30)27(14-22(29)24-13-17-5-4-10-33-17)16-6-7-18(31-2)19(12-16)32-3/h6-7,11-12,17H,4-5,8-10,13-14H2,1-3H3,(H,24,29)(H,25,26,28)/t17-/m1/s1. The summed E-state index contributed by atoms with van der Waals surface area (Å²) in [6.07, 6.45) is 1.63. The van der Waals surface area contributed by atoms with Gasteiger partial charge in [0.05, 0.1) is 20.3 Å². The topological polar surface area (TPSA) is 132 Å². The zero-order chi connectivity index (χ0) is 24.5. The van der Waals surface area contributed by atoms with Gasteiger partial charge >= 0.3 is 0 Å². The molecule has 0 aliphatic carbocycles. The van der Waals surface area contributed by atoms with Gasteiger partial charge in [0.1, 0.15) is 12.3 Å². The third-order valence-electron chi connectivity index (χ3n) is 5.29. The summed E-state index contributed by atoms with van der Waals surface area (Å²) in [5.41, 5.74) is 0.447. The second-order valence-corrected chi connectivity index (χ2v) is 7.83. The van der Waals surface area contributed by atoms with Gasteiger partial charge in [0.15, 0.2) is 17.3 Å². The van der Waals surface area contributed by atoms with Crippen LogP contribution in [0.2, 0.25) is 0 Å². The number of benzene rings is 1. The van der Waals surface area contributed by atoms with Crippen molar-refractivity contribution in [1.82, 2.24) is 10.5 Å². The summed E-state index contributed by atoms with van der Waals surface area (Å²) in [6.45, 7) is 2.56. The second kappa shape index (κ2) is 12.0. The number of hydrogen-bond donors (Lipinski definition) is 2. The van der Waals surface area contributed by atoms with Crippen LogP contribution < -0.4 is 25.0 Å². The molecule has 0 unspecified atom stereocenters. The predicted octanol–water partition coefficient (Wildman–Crippen LogP) is 2.05. The van der Waals surface area contributed by atoms with E-state index in [1.165, 1.54) is 19.1 Å². The lowest BCUT2D eigenvalue weighted by Gasteiger charge is -2.24. The number of nitrogens with one attached hydrogen (secondary N) is 2. The molecule has 2 aromatic rings. The Morgan fingerprint density at radius 2 is 1.91 bits per heavy atom. The Morgan fingerprint density at radius 1 is 1.12 bits per heavy atom. The molecule has 2 N–H and O–H groups in total. The number of carbonyl (C=O) groups excluding carboxylic acids is 3. The number of methoxy groups -OCH3 is 2. The monoisotopic (exact) mass is 474 g/mol. The molecule has 1 fully saturated rings. The molecular formula is C23H30N4O7. The first-order valence-corrected chi connectivity index (χ1v) is 11.0. The molecule has 2 heterocycles. The van der Waals surface area contributed by atoms with Crippen LogP contribution in [0, 0.1) is 6.92 Å². The fourth-order valence-electron chi connectivity index (χ4n) is 3.53. The number of ether oxygens (including phenoxy) is 3. The molecule has 1 aromatic carbocycles. The summed E-state index contributed by atoms with van der Waals surface area (Å²) >= 11 is 0. The van der Waals surface area contributed by atoms with Crippen LogP contribution in [0.4, 0.5) is 11.5 Å².